The van der Waals surface area contributed by atoms with Gasteiger partial charge >= 0.3 is 0 Å². The van der Waals surface area contributed by atoms with Crippen LogP contribution >= 0.6 is 0 Å². The molecule has 0 saturated heterocycles. The first kappa shape index (κ1) is 10.8. The molecular formula is C11H14FNO. The number of carbonyl (C=O) groups excluding carboxylic acids is 1. The number of pyridine rings is 1. The Morgan fingerprint density at radius 1 is 1.57 bits per heavy atom. The Balaban J connectivity index is 3.07. The summed E-state index contributed by atoms with van der Waals surface area (Å²) in [5.74, 6) is -0.538. The highest BCUT2D eigenvalue weighted by Gasteiger charge is 2.12. The van der Waals surface area contributed by atoms with Crippen LogP contribution in [0.25, 0.3) is 0 Å². The van der Waals surface area contributed by atoms with E-state index in [2.05, 4.69) is 4.98 Å². The third-order valence-electron chi connectivity index (χ3n) is 2.11. The predicted octanol–water partition coefficient (Wildman–Crippen LogP) is 2.94. The van der Waals surface area contributed by atoms with Gasteiger partial charge in [0.15, 0.2) is 11.6 Å². The van der Waals surface area contributed by atoms with E-state index in [0.717, 1.165) is 5.56 Å². The second-order valence-electron chi connectivity index (χ2n) is 3.53. The summed E-state index contributed by atoms with van der Waals surface area (Å²) >= 11 is 0. The summed E-state index contributed by atoms with van der Waals surface area (Å²) in [4.78, 5) is 15.1. The molecular weight excluding hydrogens is 181 g/mol. The van der Waals surface area contributed by atoms with Gasteiger partial charge in [-0.25, -0.2) is 9.37 Å². The largest absolute Gasteiger partial charge is 0.292 e. The van der Waals surface area contributed by atoms with E-state index in [4.69, 9.17) is 0 Å². The average Bonchev–Trinajstić information content (AvgIpc) is 2.16. The van der Waals surface area contributed by atoms with Gasteiger partial charge in [-0.05, 0) is 17.5 Å². The predicted molar refractivity (Wildman–Crippen MR) is 52.9 cm³/mol. The van der Waals surface area contributed by atoms with Crippen molar-refractivity contribution in [2.24, 2.45) is 0 Å². The minimum atomic E-state index is -0.511. The average molecular weight is 195 g/mol. The van der Waals surface area contributed by atoms with Crippen molar-refractivity contribution in [1.29, 1.82) is 0 Å². The molecule has 0 bridgehead atoms. The molecule has 0 atom stereocenters. The number of carbonyl (C=O) groups is 1. The van der Waals surface area contributed by atoms with E-state index in [1.165, 1.54) is 6.07 Å². The van der Waals surface area contributed by atoms with Gasteiger partial charge in [0, 0.05) is 12.6 Å². The van der Waals surface area contributed by atoms with E-state index >= 15 is 0 Å². The Labute approximate surface area is 83.2 Å². The molecule has 76 valence electrons. The second kappa shape index (κ2) is 4.31. The third-order valence-corrected chi connectivity index (χ3v) is 2.11. The van der Waals surface area contributed by atoms with Crippen molar-refractivity contribution >= 4 is 5.78 Å². The Morgan fingerprint density at radius 2 is 2.21 bits per heavy atom. The molecule has 0 spiro atoms. The van der Waals surface area contributed by atoms with Crippen LogP contribution in [0.15, 0.2) is 12.3 Å². The summed E-state index contributed by atoms with van der Waals surface area (Å²) < 4.78 is 13.4. The number of Topliss-reactive ketones (excluding diaryl/α,β-unsaturated/α-hetero) is 1. The van der Waals surface area contributed by atoms with Gasteiger partial charge in [0.05, 0.1) is 0 Å². The molecule has 0 N–H and O–H groups in total. The first-order valence-electron chi connectivity index (χ1n) is 4.74. The normalized spacial score (nSPS) is 10.6. The van der Waals surface area contributed by atoms with Crippen LogP contribution in [0.1, 0.15) is 49.2 Å². The molecule has 0 unspecified atom stereocenters. The molecule has 0 saturated carbocycles. The molecule has 1 rings (SSSR count). The summed E-state index contributed by atoms with van der Waals surface area (Å²) in [5, 5.41) is 0. The molecule has 1 heterocycles. The van der Waals surface area contributed by atoms with E-state index in [1.54, 1.807) is 13.1 Å². The summed E-state index contributed by atoms with van der Waals surface area (Å²) in [6, 6.07) is 1.39. The smallest absolute Gasteiger partial charge is 0.183 e. The molecule has 0 aliphatic rings. The molecule has 0 fully saturated rings. The first-order valence-corrected chi connectivity index (χ1v) is 4.74. The van der Waals surface area contributed by atoms with Crippen LogP contribution in [0.2, 0.25) is 0 Å². The van der Waals surface area contributed by atoms with Gasteiger partial charge < -0.3 is 0 Å². The van der Waals surface area contributed by atoms with Crippen LogP contribution in [0.5, 0.6) is 0 Å². The number of rotatable bonds is 3. The fraction of sp³-hybridized carbons (Fsp3) is 0.455. The minimum absolute atomic E-state index is 0.0445. The Kier molecular flexibility index (Phi) is 3.33. The van der Waals surface area contributed by atoms with E-state index in [-0.39, 0.29) is 23.8 Å². The van der Waals surface area contributed by atoms with Gasteiger partial charge in [0.2, 0.25) is 0 Å². The van der Waals surface area contributed by atoms with Gasteiger partial charge in [-0.2, -0.15) is 0 Å². The van der Waals surface area contributed by atoms with E-state index < -0.39 is 5.82 Å². The lowest BCUT2D eigenvalue weighted by Crippen LogP contribution is -2.05. The summed E-state index contributed by atoms with van der Waals surface area (Å²) in [6.07, 6.45) is 1.85. The molecule has 0 radical (unpaired) electrons. The van der Waals surface area contributed by atoms with Crippen molar-refractivity contribution in [3.8, 4) is 0 Å². The van der Waals surface area contributed by atoms with Crippen LogP contribution in [0.3, 0.4) is 0 Å². The van der Waals surface area contributed by atoms with E-state index in [9.17, 15) is 9.18 Å². The van der Waals surface area contributed by atoms with Crippen molar-refractivity contribution in [1.82, 2.24) is 4.98 Å². The van der Waals surface area contributed by atoms with Crippen LogP contribution < -0.4 is 0 Å². The van der Waals surface area contributed by atoms with Crippen LogP contribution in [-0.2, 0) is 0 Å². The molecule has 0 amide bonds. The summed E-state index contributed by atoms with van der Waals surface area (Å²) in [5.41, 5.74) is 0.770. The highest BCUT2D eigenvalue weighted by molar-refractivity contribution is 5.94. The first-order chi connectivity index (χ1) is 6.56. The van der Waals surface area contributed by atoms with Gasteiger partial charge in [-0.15, -0.1) is 0 Å². The van der Waals surface area contributed by atoms with Gasteiger partial charge in [0.1, 0.15) is 5.69 Å². The number of hydrogen-bond donors (Lipinski definition) is 0. The zero-order chi connectivity index (χ0) is 10.7. The molecule has 0 aromatic carbocycles. The lowest BCUT2D eigenvalue weighted by molar-refractivity contribution is 0.0979. The topological polar surface area (TPSA) is 30.0 Å². The third kappa shape index (κ3) is 2.16. The number of aromatic nitrogens is 1. The van der Waals surface area contributed by atoms with Crippen LogP contribution in [-0.4, -0.2) is 10.8 Å². The SMILES string of the molecule is CCC(=O)c1ncc(C(C)C)cc1F. The second-order valence-corrected chi connectivity index (χ2v) is 3.53. The monoisotopic (exact) mass is 195 g/mol. The highest BCUT2D eigenvalue weighted by Crippen LogP contribution is 2.16. The molecule has 1 aromatic heterocycles. The molecule has 0 aliphatic carbocycles. The highest BCUT2D eigenvalue weighted by atomic mass is 19.1. The lowest BCUT2D eigenvalue weighted by atomic mass is 10.0. The number of halogens is 1. The van der Waals surface area contributed by atoms with Crippen molar-refractivity contribution in [2.45, 2.75) is 33.1 Å². The van der Waals surface area contributed by atoms with E-state index in [1.807, 2.05) is 13.8 Å². The fourth-order valence-electron chi connectivity index (χ4n) is 1.14. The molecule has 14 heavy (non-hydrogen) atoms. The maximum Gasteiger partial charge on any atom is 0.183 e. The number of ketones is 1. The van der Waals surface area contributed by atoms with Crippen molar-refractivity contribution in [3.63, 3.8) is 0 Å². The maximum absolute atomic E-state index is 13.4. The zero-order valence-electron chi connectivity index (χ0n) is 8.67. The van der Waals surface area contributed by atoms with E-state index in [0.29, 0.717) is 0 Å². The Bertz CT molecular complexity index is 347. The van der Waals surface area contributed by atoms with Gasteiger partial charge in [-0.1, -0.05) is 20.8 Å². The standard InChI is InChI=1S/C11H14FNO/c1-4-10(14)11-9(12)5-8(6-13-11)7(2)3/h5-7H,4H2,1-3H3. The van der Waals surface area contributed by atoms with Gasteiger partial charge in [0.25, 0.3) is 0 Å². The number of nitrogens with zero attached hydrogens (tertiary/aromatic N) is 1. The summed E-state index contributed by atoms with van der Waals surface area (Å²) in [7, 11) is 0. The van der Waals surface area contributed by atoms with Gasteiger partial charge in [-0.3, -0.25) is 4.79 Å². The van der Waals surface area contributed by atoms with Crippen molar-refractivity contribution in [2.75, 3.05) is 0 Å². The van der Waals surface area contributed by atoms with Crippen molar-refractivity contribution < 1.29 is 9.18 Å². The van der Waals surface area contributed by atoms with Crippen LogP contribution in [0, 0.1) is 5.82 Å². The summed E-state index contributed by atoms with van der Waals surface area (Å²) in [6.45, 7) is 5.61. The maximum atomic E-state index is 13.4. The number of hydrogen-bond acceptors (Lipinski definition) is 2. The van der Waals surface area contributed by atoms with Crippen LogP contribution in [0.4, 0.5) is 4.39 Å². The quantitative estimate of drug-likeness (QED) is 0.694. The molecule has 1 aromatic rings. The minimum Gasteiger partial charge on any atom is -0.292 e. The zero-order valence-corrected chi connectivity index (χ0v) is 8.67. The molecule has 2 nitrogen and oxygen atoms in total. The molecule has 0 aliphatic heterocycles. The lowest BCUT2D eigenvalue weighted by Gasteiger charge is -2.06. The Hall–Kier alpha value is -1.25. The Morgan fingerprint density at radius 3 is 2.64 bits per heavy atom. The van der Waals surface area contributed by atoms with Crippen molar-refractivity contribution in [3.05, 3.63) is 29.3 Å². The molecule has 3 heteroatoms. The fourth-order valence-corrected chi connectivity index (χ4v) is 1.14.